The molecule has 62 heavy (non-hydrogen) atoms. The van der Waals surface area contributed by atoms with E-state index in [9.17, 15) is 19.2 Å². The van der Waals surface area contributed by atoms with Gasteiger partial charge < -0.3 is 15.1 Å². The minimum atomic E-state index is -0.250. The van der Waals surface area contributed by atoms with Crippen molar-refractivity contribution < 1.29 is 19.5 Å². The summed E-state index contributed by atoms with van der Waals surface area (Å²) in [6.45, 7) is 4.75. The number of benzene rings is 3. The second kappa shape index (κ2) is 17.3. The SMILES string of the molecule is CC(=O)c1ccc(C)c(-c2[nH]c(-c3ccccc3)nc2-n2ncn(C3CC3)c2=O)c1.CC(=O)c1cncc(-c2[nH]c(-c3ccccc3)nc2-n2ncn(C3CC3)c2=O)c1.O=CO. The van der Waals surface area contributed by atoms with Crippen molar-refractivity contribution in [1.29, 1.82) is 0 Å². The number of H-pyrrole nitrogens is 2. The van der Waals surface area contributed by atoms with Crippen molar-refractivity contribution in [3.05, 3.63) is 148 Å². The zero-order chi connectivity index (χ0) is 43.5. The molecule has 0 aliphatic heterocycles. The number of pyridine rings is 1. The molecule has 8 aromatic rings. The van der Waals surface area contributed by atoms with Crippen molar-refractivity contribution >= 4 is 18.0 Å². The molecule has 0 atom stereocenters. The summed E-state index contributed by atoms with van der Waals surface area (Å²) in [5, 5.41) is 15.5. The smallest absolute Gasteiger partial charge is 0.352 e. The Morgan fingerprint density at radius 3 is 1.63 bits per heavy atom. The first-order chi connectivity index (χ1) is 30.1. The number of aromatic nitrogens is 11. The van der Waals surface area contributed by atoms with E-state index < -0.39 is 0 Å². The van der Waals surface area contributed by atoms with Crippen LogP contribution in [0.15, 0.2) is 120 Å². The van der Waals surface area contributed by atoms with Crippen LogP contribution in [-0.2, 0) is 4.79 Å². The van der Waals surface area contributed by atoms with E-state index >= 15 is 0 Å². The number of aromatic amines is 2. The number of carbonyl (C=O) groups excluding carboxylic acids is 2. The molecule has 0 saturated heterocycles. The molecule has 0 spiro atoms. The predicted molar refractivity (Wildman–Crippen MR) is 229 cm³/mol. The molecule has 0 radical (unpaired) electrons. The second-order valence-electron chi connectivity index (χ2n) is 14.9. The van der Waals surface area contributed by atoms with Gasteiger partial charge in [0, 0.05) is 57.9 Å². The summed E-state index contributed by atoms with van der Waals surface area (Å²) in [7, 11) is 0. The lowest BCUT2D eigenvalue weighted by Gasteiger charge is -2.08. The van der Waals surface area contributed by atoms with Crippen LogP contribution in [-0.4, -0.2) is 76.8 Å². The molecule has 0 amide bonds. The number of ketones is 2. The van der Waals surface area contributed by atoms with Crippen molar-refractivity contribution in [2.45, 2.75) is 58.5 Å². The van der Waals surface area contributed by atoms with Crippen LogP contribution >= 0.6 is 0 Å². The number of Topliss-reactive ketones (excluding diaryl/α,β-unsaturated/α-hetero) is 2. The molecule has 2 aliphatic rings. The Morgan fingerprint density at radius 1 is 0.661 bits per heavy atom. The number of hydrogen-bond donors (Lipinski definition) is 3. The Kier molecular flexibility index (Phi) is 11.3. The van der Waals surface area contributed by atoms with E-state index in [4.69, 9.17) is 14.9 Å². The molecule has 17 nitrogen and oxygen atoms in total. The van der Waals surface area contributed by atoms with Gasteiger partial charge in [-0.2, -0.15) is 19.6 Å². The number of rotatable bonds is 10. The van der Waals surface area contributed by atoms with Crippen LogP contribution < -0.4 is 11.4 Å². The fraction of sp³-hybridized carbons (Fsp3) is 0.200. The molecule has 0 unspecified atom stereocenters. The first-order valence-corrected chi connectivity index (χ1v) is 19.9. The quantitative estimate of drug-likeness (QED) is 0.0977. The average molecular weight is 832 g/mol. The Bertz CT molecular complexity index is 3040. The lowest BCUT2D eigenvalue weighted by Crippen LogP contribution is -2.23. The highest BCUT2D eigenvalue weighted by Crippen LogP contribution is 2.35. The summed E-state index contributed by atoms with van der Waals surface area (Å²) in [6.07, 6.45) is 10.3. The van der Waals surface area contributed by atoms with E-state index in [1.807, 2.05) is 85.8 Å². The minimum absolute atomic E-state index is 0.0178. The number of nitrogens with zero attached hydrogens (tertiary/aromatic N) is 9. The summed E-state index contributed by atoms with van der Waals surface area (Å²) in [5.41, 5.74) is 6.15. The van der Waals surface area contributed by atoms with Gasteiger partial charge in [0.1, 0.15) is 24.3 Å². The van der Waals surface area contributed by atoms with Crippen LogP contribution in [0.5, 0.6) is 0 Å². The van der Waals surface area contributed by atoms with E-state index in [1.165, 1.54) is 22.5 Å². The maximum Gasteiger partial charge on any atom is 0.352 e. The molecule has 2 fully saturated rings. The molecular weight excluding hydrogens is 791 g/mol. The highest BCUT2D eigenvalue weighted by Gasteiger charge is 2.29. The van der Waals surface area contributed by atoms with Crippen molar-refractivity contribution in [3.63, 3.8) is 0 Å². The Balaban J connectivity index is 0.000000161. The maximum atomic E-state index is 13.0. The van der Waals surface area contributed by atoms with Gasteiger partial charge in [-0.3, -0.25) is 28.5 Å². The topological polar surface area (TPSA) is 221 Å². The number of hydrogen-bond acceptors (Lipinski definition) is 10. The Morgan fingerprint density at radius 2 is 1.15 bits per heavy atom. The van der Waals surface area contributed by atoms with Gasteiger partial charge in [0.25, 0.3) is 6.47 Å². The summed E-state index contributed by atoms with van der Waals surface area (Å²) in [4.78, 5) is 78.3. The number of imidazole rings is 2. The fourth-order valence-electron chi connectivity index (χ4n) is 6.90. The van der Waals surface area contributed by atoms with Crippen molar-refractivity contribution in [2.24, 2.45) is 0 Å². The predicted octanol–water partition coefficient (Wildman–Crippen LogP) is 6.66. The summed E-state index contributed by atoms with van der Waals surface area (Å²) in [6, 6.07) is 27.1. The number of nitrogens with one attached hydrogen (secondary N) is 2. The molecule has 312 valence electrons. The van der Waals surface area contributed by atoms with Crippen LogP contribution in [0, 0.1) is 6.92 Å². The monoisotopic (exact) mass is 831 g/mol. The van der Waals surface area contributed by atoms with E-state index in [0.717, 1.165) is 47.9 Å². The van der Waals surface area contributed by atoms with Gasteiger partial charge in [-0.05, 0) is 64.2 Å². The minimum Gasteiger partial charge on any atom is -0.483 e. The van der Waals surface area contributed by atoms with Gasteiger partial charge in [-0.1, -0.05) is 72.8 Å². The Labute approximate surface area is 353 Å². The molecule has 2 saturated carbocycles. The number of carboxylic acid groups (broad SMARTS) is 1. The van der Waals surface area contributed by atoms with Gasteiger partial charge in [-0.25, -0.2) is 19.6 Å². The van der Waals surface area contributed by atoms with Gasteiger partial charge in [0.05, 0.1) is 11.4 Å². The van der Waals surface area contributed by atoms with E-state index in [-0.39, 0.29) is 41.5 Å². The standard InChI is InChI=1S/C23H21N5O2.C21H18N6O2.CH2O2/c1-14-8-9-17(15(2)29)12-19(14)20-22(26-21(25-20)16-6-4-3-5-7-16)28-23(30)27(13-24-28)18-10-11-18;1-13(28)15-9-16(11-22-10-15)18-20(25-19(24-18)14-5-3-2-4-6-14)27-21(29)26(12-23-27)17-7-8-17;2-1-3/h3-9,12-13,18H,10-11H2,1-2H3,(H,25,26);2-6,9-12,17H,7-8H2,1H3,(H,24,25);1H,(H,2,3). The third-order valence-electron chi connectivity index (χ3n) is 10.5. The third kappa shape index (κ3) is 8.36. The summed E-state index contributed by atoms with van der Waals surface area (Å²) >= 11 is 0. The molecule has 10 rings (SSSR count). The molecule has 5 heterocycles. The van der Waals surface area contributed by atoms with E-state index in [0.29, 0.717) is 51.4 Å². The summed E-state index contributed by atoms with van der Waals surface area (Å²) in [5.74, 6) is 1.96. The molecule has 3 aromatic carbocycles. The van der Waals surface area contributed by atoms with E-state index in [2.05, 4.69) is 30.1 Å². The van der Waals surface area contributed by atoms with Crippen LogP contribution in [0.4, 0.5) is 0 Å². The lowest BCUT2D eigenvalue weighted by molar-refractivity contribution is -0.122. The van der Waals surface area contributed by atoms with Crippen LogP contribution in [0.1, 0.15) is 77.9 Å². The zero-order valence-electron chi connectivity index (χ0n) is 34.0. The molecule has 3 N–H and O–H groups in total. The fourth-order valence-corrected chi connectivity index (χ4v) is 6.90. The van der Waals surface area contributed by atoms with Crippen molar-refractivity contribution in [2.75, 3.05) is 0 Å². The summed E-state index contributed by atoms with van der Waals surface area (Å²) < 4.78 is 5.96. The van der Waals surface area contributed by atoms with Crippen LogP contribution in [0.25, 0.3) is 56.9 Å². The van der Waals surface area contributed by atoms with Gasteiger partial charge in [0.15, 0.2) is 23.2 Å². The zero-order valence-corrected chi connectivity index (χ0v) is 34.0. The largest absolute Gasteiger partial charge is 0.483 e. The van der Waals surface area contributed by atoms with E-state index in [1.54, 1.807) is 41.0 Å². The second-order valence-corrected chi connectivity index (χ2v) is 14.9. The highest BCUT2D eigenvalue weighted by atomic mass is 16.3. The first kappa shape index (κ1) is 40.7. The average Bonchev–Trinajstić information content (AvgIpc) is 4.14. The van der Waals surface area contributed by atoms with Crippen molar-refractivity contribution in [1.82, 2.24) is 53.6 Å². The molecule has 5 aromatic heterocycles. The normalized spacial score (nSPS) is 13.1. The van der Waals surface area contributed by atoms with Crippen LogP contribution in [0.3, 0.4) is 0 Å². The number of aryl methyl sites for hydroxylation is 1. The number of carbonyl (C=O) groups is 3. The first-order valence-electron chi connectivity index (χ1n) is 19.9. The van der Waals surface area contributed by atoms with Gasteiger partial charge in [0.2, 0.25) is 0 Å². The van der Waals surface area contributed by atoms with Crippen molar-refractivity contribution in [3.8, 4) is 56.9 Å². The lowest BCUT2D eigenvalue weighted by atomic mass is 10.0. The van der Waals surface area contributed by atoms with Gasteiger partial charge in [-0.15, -0.1) is 0 Å². The molecular formula is C45H41N11O6. The maximum absolute atomic E-state index is 13.0. The Hall–Kier alpha value is -8.08. The van der Waals surface area contributed by atoms with Gasteiger partial charge >= 0.3 is 11.4 Å². The highest BCUT2D eigenvalue weighted by molar-refractivity contribution is 5.96. The third-order valence-corrected chi connectivity index (χ3v) is 10.5. The molecule has 2 aliphatic carbocycles. The van der Waals surface area contributed by atoms with Crippen LogP contribution in [0.2, 0.25) is 0 Å². The molecule has 0 bridgehead atoms. The molecule has 17 heteroatoms.